The molecular formula is C25H32N4O3. The molecule has 6 rings (SSSR count). The lowest BCUT2D eigenvalue weighted by Gasteiger charge is -2.50. The third kappa shape index (κ3) is 4.02. The number of methoxy groups -OCH3 is 2. The molecule has 1 aromatic carbocycles. The highest BCUT2D eigenvalue weighted by Crippen LogP contribution is 2.42. The van der Waals surface area contributed by atoms with Crippen molar-refractivity contribution in [3.8, 4) is 22.8 Å². The minimum absolute atomic E-state index is 0.525. The number of fused-ring (bicyclic) bond motifs is 3. The Bertz CT molecular complexity index is 1050. The number of piperidine rings is 3. The standard InChI is InChI=1S/C25H32N4O3/c1-28-23(13-22(27-28)18-6-7-24(30-2)25(12-18)31-3)21-16-29-9-8-17(21)11-19(29)14-26-15-20-5-4-10-32-20/h4-7,10,12-13,17,19,21,26H,8-9,11,14-16H2,1-3H3/t17-,19+,21-/m0/s1. The lowest BCUT2D eigenvalue weighted by Crippen LogP contribution is -2.55. The third-order valence-electron chi connectivity index (χ3n) is 7.11. The summed E-state index contributed by atoms with van der Waals surface area (Å²) in [6.45, 7) is 4.09. The molecule has 1 N–H and O–H groups in total. The van der Waals surface area contributed by atoms with Crippen molar-refractivity contribution in [3.63, 3.8) is 0 Å². The van der Waals surface area contributed by atoms with Crippen LogP contribution in [0.25, 0.3) is 11.3 Å². The molecule has 3 saturated heterocycles. The summed E-state index contributed by atoms with van der Waals surface area (Å²) in [5.74, 6) is 3.68. The fraction of sp³-hybridized carbons (Fsp3) is 0.480. The number of ether oxygens (including phenoxy) is 2. The highest BCUT2D eigenvalue weighted by molar-refractivity contribution is 5.64. The van der Waals surface area contributed by atoms with E-state index in [2.05, 4.69) is 28.0 Å². The lowest BCUT2D eigenvalue weighted by molar-refractivity contribution is 0.0280. The number of nitrogens with zero attached hydrogens (tertiary/aromatic N) is 3. The molecule has 5 heterocycles. The van der Waals surface area contributed by atoms with Gasteiger partial charge in [0, 0.05) is 43.4 Å². The summed E-state index contributed by atoms with van der Waals surface area (Å²) in [7, 11) is 5.39. The quantitative estimate of drug-likeness (QED) is 0.581. The molecular weight excluding hydrogens is 404 g/mol. The Balaban J connectivity index is 1.28. The van der Waals surface area contributed by atoms with E-state index in [1.54, 1.807) is 20.5 Å². The molecule has 4 atom stereocenters. The summed E-state index contributed by atoms with van der Waals surface area (Å²) in [6, 6.07) is 12.8. The molecule has 170 valence electrons. The molecule has 3 aromatic rings. The zero-order chi connectivity index (χ0) is 22.1. The van der Waals surface area contributed by atoms with E-state index in [0.717, 1.165) is 48.2 Å². The van der Waals surface area contributed by atoms with Gasteiger partial charge < -0.3 is 19.2 Å². The number of nitrogens with one attached hydrogen (secondary N) is 1. The maximum Gasteiger partial charge on any atom is 0.161 e. The number of hydrogen-bond donors (Lipinski definition) is 1. The van der Waals surface area contributed by atoms with Crippen molar-refractivity contribution in [2.24, 2.45) is 13.0 Å². The molecule has 2 bridgehead atoms. The lowest BCUT2D eigenvalue weighted by atomic mass is 9.74. The van der Waals surface area contributed by atoms with Crippen molar-refractivity contribution in [1.29, 1.82) is 0 Å². The van der Waals surface area contributed by atoms with E-state index in [1.165, 1.54) is 25.1 Å². The zero-order valence-electron chi connectivity index (χ0n) is 19.1. The van der Waals surface area contributed by atoms with Crippen LogP contribution in [0, 0.1) is 5.92 Å². The first kappa shape index (κ1) is 21.1. The molecule has 0 spiro atoms. The molecule has 0 saturated carbocycles. The van der Waals surface area contributed by atoms with E-state index in [9.17, 15) is 0 Å². The Morgan fingerprint density at radius 3 is 2.75 bits per heavy atom. The predicted molar refractivity (Wildman–Crippen MR) is 123 cm³/mol. The van der Waals surface area contributed by atoms with Gasteiger partial charge in [0.15, 0.2) is 11.5 Å². The summed E-state index contributed by atoms with van der Waals surface area (Å²) in [4.78, 5) is 2.66. The van der Waals surface area contributed by atoms with Crippen LogP contribution in [0.4, 0.5) is 0 Å². The average Bonchev–Trinajstić information content (AvgIpc) is 3.49. The summed E-state index contributed by atoms with van der Waals surface area (Å²) in [6.07, 6.45) is 4.22. The van der Waals surface area contributed by atoms with Crippen LogP contribution >= 0.6 is 0 Å². The zero-order valence-corrected chi connectivity index (χ0v) is 19.1. The second-order valence-corrected chi connectivity index (χ2v) is 8.90. The molecule has 3 aliphatic heterocycles. The fourth-order valence-corrected chi connectivity index (χ4v) is 5.43. The van der Waals surface area contributed by atoms with Gasteiger partial charge >= 0.3 is 0 Å². The molecule has 0 radical (unpaired) electrons. The van der Waals surface area contributed by atoms with E-state index >= 15 is 0 Å². The van der Waals surface area contributed by atoms with E-state index in [4.69, 9.17) is 19.0 Å². The van der Waals surface area contributed by atoms with Crippen LogP contribution < -0.4 is 14.8 Å². The van der Waals surface area contributed by atoms with Crippen molar-refractivity contribution in [1.82, 2.24) is 20.0 Å². The van der Waals surface area contributed by atoms with Crippen LogP contribution in [0.3, 0.4) is 0 Å². The topological polar surface area (TPSA) is 64.7 Å². The number of furan rings is 1. The minimum atomic E-state index is 0.525. The third-order valence-corrected chi connectivity index (χ3v) is 7.11. The first-order valence-corrected chi connectivity index (χ1v) is 11.4. The molecule has 7 heteroatoms. The molecule has 0 aliphatic carbocycles. The Morgan fingerprint density at radius 2 is 2.03 bits per heavy atom. The van der Waals surface area contributed by atoms with Gasteiger partial charge in [-0.25, -0.2) is 0 Å². The average molecular weight is 437 g/mol. The summed E-state index contributed by atoms with van der Waals surface area (Å²) < 4.78 is 18.4. The van der Waals surface area contributed by atoms with Crippen LogP contribution in [-0.4, -0.2) is 54.6 Å². The first-order valence-electron chi connectivity index (χ1n) is 11.4. The maximum atomic E-state index is 5.48. The van der Waals surface area contributed by atoms with Gasteiger partial charge in [0.2, 0.25) is 0 Å². The van der Waals surface area contributed by atoms with Crippen LogP contribution in [0.15, 0.2) is 47.1 Å². The van der Waals surface area contributed by atoms with Crippen LogP contribution in [0.2, 0.25) is 0 Å². The monoisotopic (exact) mass is 436 g/mol. The maximum absolute atomic E-state index is 5.48. The van der Waals surface area contributed by atoms with Crippen molar-refractivity contribution in [3.05, 3.63) is 54.1 Å². The number of benzene rings is 1. The minimum Gasteiger partial charge on any atom is -0.493 e. The number of hydrogen-bond acceptors (Lipinski definition) is 6. The number of aryl methyl sites for hydroxylation is 1. The molecule has 0 amide bonds. The van der Waals surface area contributed by atoms with Crippen molar-refractivity contribution < 1.29 is 13.9 Å². The highest BCUT2D eigenvalue weighted by Gasteiger charge is 2.41. The van der Waals surface area contributed by atoms with Gasteiger partial charge in [0.1, 0.15) is 5.76 Å². The molecule has 7 nitrogen and oxygen atoms in total. The van der Waals surface area contributed by atoms with Gasteiger partial charge in [-0.1, -0.05) is 0 Å². The second kappa shape index (κ2) is 9.00. The Hall–Kier alpha value is -2.77. The van der Waals surface area contributed by atoms with E-state index in [1.807, 2.05) is 30.3 Å². The Morgan fingerprint density at radius 1 is 1.16 bits per heavy atom. The highest BCUT2D eigenvalue weighted by atomic mass is 16.5. The summed E-state index contributed by atoms with van der Waals surface area (Å²) >= 11 is 0. The van der Waals surface area contributed by atoms with Gasteiger partial charge in [-0.15, -0.1) is 0 Å². The molecule has 1 unspecified atom stereocenters. The molecule has 2 aromatic heterocycles. The first-order chi connectivity index (χ1) is 15.7. The Labute approximate surface area is 189 Å². The predicted octanol–water partition coefficient (Wildman–Crippen LogP) is 3.66. The Kier molecular flexibility index (Phi) is 5.93. The normalized spacial score (nSPS) is 24.6. The van der Waals surface area contributed by atoms with Gasteiger partial charge in [-0.05, 0) is 61.7 Å². The molecule has 3 fully saturated rings. The smallest absolute Gasteiger partial charge is 0.161 e. The van der Waals surface area contributed by atoms with Crippen molar-refractivity contribution in [2.45, 2.75) is 31.3 Å². The van der Waals surface area contributed by atoms with Crippen LogP contribution in [0.1, 0.15) is 30.2 Å². The largest absolute Gasteiger partial charge is 0.493 e. The van der Waals surface area contributed by atoms with Crippen molar-refractivity contribution in [2.75, 3.05) is 33.9 Å². The van der Waals surface area contributed by atoms with E-state index in [-0.39, 0.29) is 0 Å². The van der Waals surface area contributed by atoms with Crippen LogP contribution in [-0.2, 0) is 13.6 Å². The van der Waals surface area contributed by atoms with Crippen molar-refractivity contribution >= 4 is 0 Å². The molecule has 32 heavy (non-hydrogen) atoms. The summed E-state index contributed by atoms with van der Waals surface area (Å²) in [5.41, 5.74) is 3.36. The van der Waals surface area contributed by atoms with Gasteiger partial charge in [0.25, 0.3) is 0 Å². The van der Waals surface area contributed by atoms with E-state index < -0.39 is 0 Å². The SMILES string of the molecule is COc1ccc(-c2cc([C@H]3CN4CC[C@H]3C[C@@H]4CNCc3ccco3)n(C)n2)cc1OC. The molecule has 3 aliphatic rings. The fourth-order valence-electron chi connectivity index (χ4n) is 5.43. The van der Waals surface area contributed by atoms with Crippen LogP contribution in [0.5, 0.6) is 11.5 Å². The number of rotatable bonds is 8. The second-order valence-electron chi connectivity index (χ2n) is 8.90. The van der Waals surface area contributed by atoms with Gasteiger partial charge in [-0.3, -0.25) is 9.58 Å². The van der Waals surface area contributed by atoms with E-state index in [0.29, 0.717) is 17.9 Å². The summed E-state index contributed by atoms with van der Waals surface area (Å²) in [5, 5.41) is 8.43. The van der Waals surface area contributed by atoms with Gasteiger partial charge in [0.05, 0.1) is 32.7 Å². The van der Waals surface area contributed by atoms with Gasteiger partial charge in [-0.2, -0.15) is 5.10 Å². The number of aromatic nitrogens is 2.